The second-order valence-corrected chi connectivity index (χ2v) is 5.73. The van der Waals surface area contributed by atoms with Crippen LogP contribution < -0.4 is 10.6 Å². The average Bonchev–Trinajstić information content (AvgIpc) is 2.40. The summed E-state index contributed by atoms with van der Waals surface area (Å²) in [4.78, 5) is 11.4. The second-order valence-electron chi connectivity index (χ2n) is 5.73. The zero-order valence-corrected chi connectivity index (χ0v) is 13.0. The first kappa shape index (κ1) is 18.6. The van der Waals surface area contributed by atoms with Gasteiger partial charge in [-0.15, -0.1) is 0 Å². The van der Waals surface area contributed by atoms with E-state index in [1.54, 1.807) is 26.8 Å². The Hall–Kier alpha value is -2.43. The smallest absolute Gasteiger partial charge is 0.416 e. The Morgan fingerprint density at radius 3 is 2.43 bits per heavy atom. The van der Waals surface area contributed by atoms with Gasteiger partial charge in [0.2, 0.25) is 0 Å². The fourth-order valence-corrected chi connectivity index (χ4v) is 1.64. The van der Waals surface area contributed by atoms with E-state index in [1.165, 1.54) is 6.07 Å². The van der Waals surface area contributed by atoms with Crippen molar-refractivity contribution in [1.82, 2.24) is 5.32 Å². The summed E-state index contributed by atoms with van der Waals surface area (Å²) in [5.74, 6) is 0. The molecule has 0 aliphatic heterocycles. The van der Waals surface area contributed by atoms with Crippen molar-refractivity contribution < 1.29 is 22.7 Å². The average molecular weight is 329 g/mol. The minimum atomic E-state index is -4.50. The summed E-state index contributed by atoms with van der Waals surface area (Å²) in [6.07, 6.45) is -5.09. The summed E-state index contributed by atoms with van der Waals surface area (Å²) < 4.78 is 42.8. The van der Waals surface area contributed by atoms with Crippen LogP contribution in [0.3, 0.4) is 0 Å². The van der Waals surface area contributed by atoms with Gasteiger partial charge in [-0.05, 0) is 39.0 Å². The van der Waals surface area contributed by atoms with E-state index in [9.17, 15) is 18.0 Å². The molecule has 8 heteroatoms. The van der Waals surface area contributed by atoms with Crippen molar-refractivity contribution in [2.24, 2.45) is 0 Å². The molecule has 23 heavy (non-hydrogen) atoms. The molecule has 1 amide bonds. The molecular weight excluding hydrogens is 311 g/mol. The number of carbonyl (C=O) groups excluding carboxylic acids is 1. The first-order valence-corrected chi connectivity index (χ1v) is 6.85. The van der Waals surface area contributed by atoms with Gasteiger partial charge in [0.1, 0.15) is 11.7 Å². The third-order valence-electron chi connectivity index (χ3n) is 2.58. The molecule has 126 valence electrons. The van der Waals surface area contributed by atoms with Crippen molar-refractivity contribution in [2.75, 3.05) is 18.4 Å². The van der Waals surface area contributed by atoms with Crippen LogP contribution >= 0.6 is 0 Å². The van der Waals surface area contributed by atoms with Gasteiger partial charge in [-0.3, -0.25) is 0 Å². The normalized spacial score (nSPS) is 11.5. The lowest BCUT2D eigenvalue weighted by Gasteiger charge is -2.19. The van der Waals surface area contributed by atoms with Crippen molar-refractivity contribution in [3.05, 3.63) is 29.3 Å². The Morgan fingerprint density at radius 1 is 1.26 bits per heavy atom. The maximum Gasteiger partial charge on any atom is 0.416 e. The second kappa shape index (κ2) is 7.22. The van der Waals surface area contributed by atoms with Crippen molar-refractivity contribution >= 4 is 11.8 Å². The molecule has 0 aliphatic rings. The van der Waals surface area contributed by atoms with Gasteiger partial charge >= 0.3 is 12.3 Å². The molecule has 0 fully saturated rings. The maximum absolute atomic E-state index is 12.6. The summed E-state index contributed by atoms with van der Waals surface area (Å²) >= 11 is 0. The number of hydrogen-bond donors (Lipinski definition) is 2. The van der Waals surface area contributed by atoms with Gasteiger partial charge in [-0.2, -0.15) is 18.4 Å². The molecule has 0 saturated heterocycles. The van der Waals surface area contributed by atoms with Gasteiger partial charge in [0, 0.05) is 13.1 Å². The molecule has 0 spiro atoms. The van der Waals surface area contributed by atoms with Crippen LogP contribution in [0.25, 0.3) is 0 Å². The Labute approximate surface area is 132 Å². The number of anilines is 1. The number of hydrogen-bond acceptors (Lipinski definition) is 4. The number of nitriles is 1. The first-order chi connectivity index (χ1) is 10.5. The topological polar surface area (TPSA) is 74.2 Å². The summed E-state index contributed by atoms with van der Waals surface area (Å²) in [6.45, 7) is 5.62. The molecule has 0 atom stereocenters. The van der Waals surface area contributed by atoms with Crippen LogP contribution in [0.2, 0.25) is 0 Å². The molecular formula is C15H18F3N3O2. The van der Waals surface area contributed by atoms with E-state index in [-0.39, 0.29) is 24.3 Å². The predicted molar refractivity (Wildman–Crippen MR) is 78.9 cm³/mol. The van der Waals surface area contributed by atoms with E-state index in [0.717, 1.165) is 12.1 Å². The molecule has 0 aliphatic carbocycles. The first-order valence-electron chi connectivity index (χ1n) is 6.85. The highest BCUT2D eigenvalue weighted by atomic mass is 19.4. The molecule has 1 aromatic rings. The Morgan fingerprint density at radius 2 is 1.91 bits per heavy atom. The number of ether oxygens (including phenoxy) is 1. The number of benzene rings is 1. The highest BCUT2D eigenvalue weighted by molar-refractivity contribution is 5.67. The largest absolute Gasteiger partial charge is 0.444 e. The third-order valence-corrected chi connectivity index (χ3v) is 2.58. The zero-order chi connectivity index (χ0) is 17.7. The number of nitrogens with one attached hydrogen (secondary N) is 2. The molecule has 1 aromatic carbocycles. The van der Waals surface area contributed by atoms with Gasteiger partial charge in [-0.25, -0.2) is 4.79 Å². The lowest BCUT2D eigenvalue weighted by atomic mass is 10.1. The summed E-state index contributed by atoms with van der Waals surface area (Å²) in [5.41, 5.74) is -1.34. The molecule has 5 nitrogen and oxygen atoms in total. The van der Waals surface area contributed by atoms with Crippen molar-refractivity contribution in [3.63, 3.8) is 0 Å². The number of carbonyl (C=O) groups is 1. The van der Waals surface area contributed by atoms with Crippen LogP contribution in [0.4, 0.5) is 23.7 Å². The zero-order valence-electron chi connectivity index (χ0n) is 13.0. The molecule has 0 radical (unpaired) electrons. The van der Waals surface area contributed by atoms with Crippen LogP contribution in [0.1, 0.15) is 31.9 Å². The maximum atomic E-state index is 12.6. The SMILES string of the molecule is CC(C)(C)OC(=O)NCCNc1ccc(C(F)(F)F)cc1C#N. The van der Waals surface area contributed by atoms with Crippen LogP contribution in [0, 0.1) is 11.3 Å². The van der Waals surface area contributed by atoms with Gasteiger partial charge < -0.3 is 15.4 Å². The van der Waals surface area contributed by atoms with E-state index in [1.807, 2.05) is 0 Å². The van der Waals surface area contributed by atoms with E-state index in [4.69, 9.17) is 10.00 Å². The minimum absolute atomic E-state index is 0.114. The Balaban J connectivity index is 2.56. The Bertz CT molecular complexity index is 601. The third kappa shape index (κ3) is 6.46. The van der Waals surface area contributed by atoms with Gasteiger partial charge in [-0.1, -0.05) is 0 Å². The van der Waals surface area contributed by atoms with E-state index < -0.39 is 23.4 Å². The van der Waals surface area contributed by atoms with Gasteiger partial charge in [0.25, 0.3) is 0 Å². The Kier molecular flexibility index (Phi) is 5.85. The fraction of sp³-hybridized carbons (Fsp3) is 0.467. The van der Waals surface area contributed by atoms with E-state index >= 15 is 0 Å². The number of rotatable bonds is 4. The number of alkyl halides is 3. The van der Waals surface area contributed by atoms with E-state index in [2.05, 4.69) is 10.6 Å². The van der Waals surface area contributed by atoms with Crippen LogP contribution in [-0.4, -0.2) is 24.8 Å². The standard InChI is InChI=1S/C15H18F3N3O2/c1-14(2,3)23-13(22)21-7-6-20-12-5-4-11(15(16,17)18)8-10(12)9-19/h4-5,8,20H,6-7H2,1-3H3,(H,21,22). The molecule has 0 unspecified atom stereocenters. The quantitative estimate of drug-likeness (QED) is 0.829. The molecule has 2 N–H and O–H groups in total. The predicted octanol–water partition coefficient (Wildman–Crippen LogP) is 3.51. The number of amides is 1. The number of halogens is 3. The monoisotopic (exact) mass is 329 g/mol. The highest BCUT2D eigenvalue weighted by Crippen LogP contribution is 2.31. The molecule has 0 heterocycles. The molecule has 0 aromatic heterocycles. The lowest BCUT2D eigenvalue weighted by Crippen LogP contribution is -2.35. The van der Waals surface area contributed by atoms with E-state index in [0.29, 0.717) is 0 Å². The van der Waals surface area contributed by atoms with Gasteiger partial charge in [0.15, 0.2) is 0 Å². The summed E-state index contributed by atoms with van der Waals surface area (Å²) in [7, 11) is 0. The molecule has 1 rings (SSSR count). The van der Waals surface area contributed by atoms with Crippen LogP contribution in [-0.2, 0) is 10.9 Å². The van der Waals surface area contributed by atoms with Crippen molar-refractivity contribution in [2.45, 2.75) is 32.5 Å². The molecule has 0 bridgehead atoms. The lowest BCUT2D eigenvalue weighted by molar-refractivity contribution is -0.137. The minimum Gasteiger partial charge on any atom is -0.444 e. The number of alkyl carbamates (subject to hydrolysis) is 1. The summed E-state index contributed by atoms with van der Waals surface area (Å²) in [5, 5.41) is 14.2. The van der Waals surface area contributed by atoms with Crippen LogP contribution in [0.5, 0.6) is 0 Å². The molecule has 0 saturated carbocycles. The van der Waals surface area contributed by atoms with Crippen molar-refractivity contribution in [3.8, 4) is 6.07 Å². The number of nitrogens with zero attached hydrogens (tertiary/aromatic N) is 1. The van der Waals surface area contributed by atoms with Crippen LogP contribution in [0.15, 0.2) is 18.2 Å². The van der Waals surface area contributed by atoms with Gasteiger partial charge in [0.05, 0.1) is 16.8 Å². The highest BCUT2D eigenvalue weighted by Gasteiger charge is 2.31. The fourth-order valence-electron chi connectivity index (χ4n) is 1.64. The van der Waals surface area contributed by atoms with Crippen molar-refractivity contribution in [1.29, 1.82) is 5.26 Å². The summed E-state index contributed by atoms with van der Waals surface area (Å²) in [6, 6.07) is 4.58.